The monoisotopic (exact) mass is 208 g/mol. The Hall–Kier alpha value is -1.46. The van der Waals surface area contributed by atoms with Gasteiger partial charge >= 0.3 is 0 Å². The first kappa shape index (κ1) is 9.11. The number of pyridine rings is 1. The fourth-order valence-corrected chi connectivity index (χ4v) is 1.48. The van der Waals surface area contributed by atoms with Crippen molar-refractivity contribution < 1.29 is 12.9 Å². The van der Waals surface area contributed by atoms with Crippen LogP contribution in [0.2, 0.25) is 0 Å². The highest BCUT2D eigenvalue weighted by Gasteiger charge is 2.02. The topological polar surface area (TPSA) is 62.2 Å². The van der Waals surface area contributed by atoms with Crippen molar-refractivity contribution in [3.63, 3.8) is 0 Å². The average Bonchev–Trinajstić information content (AvgIpc) is 2.18. The van der Waals surface area contributed by atoms with Crippen molar-refractivity contribution in [2.45, 2.75) is 0 Å². The van der Waals surface area contributed by atoms with Gasteiger partial charge in [0.15, 0.2) is 0 Å². The fraction of sp³-hybridized carbons (Fsp3) is 0. The fourth-order valence-electron chi connectivity index (χ4n) is 1.22. The number of hydrogen-bond donors (Lipinski definition) is 0. The van der Waals surface area contributed by atoms with Crippen molar-refractivity contribution in [2.75, 3.05) is 0 Å². The first-order chi connectivity index (χ1) is 6.77. The van der Waals surface area contributed by atoms with Crippen LogP contribution < -0.4 is 4.18 Å². The van der Waals surface area contributed by atoms with Crippen LogP contribution in [0.5, 0.6) is 5.88 Å². The summed E-state index contributed by atoms with van der Waals surface area (Å²) in [5.74, 6) is 0.108. The first-order valence-electron chi connectivity index (χ1n) is 3.89. The van der Waals surface area contributed by atoms with E-state index in [1.54, 1.807) is 18.2 Å². The van der Waals surface area contributed by atoms with Gasteiger partial charge in [-0.3, -0.25) is 0 Å². The van der Waals surface area contributed by atoms with Gasteiger partial charge in [-0.1, -0.05) is 18.2 Å². The molecule has 5 heteroatoms. The minimum absolute atomic E-state index is 0.108. The Morgan fingerprint density at radius 1 is 1.29 bits per heavy atom. The maximum atomic E-state index is 10.4. The predicted octanol–water partition coefficient (Wildman–Crippen LogP) is 1.41. The zero-order valence-electron chi connectivity index (χ0n) is 7.04. The van der Waals surface area contributed by atoms with Gasteiger partial charge in [0.1, 0.15) is 11.4 Å². The SMILES string of the molecule is O=S([O-])Oc1nccc2ccccc12. The van der Waals surface area contributed by atoms with Crippen LogP contribution in [0.15, 0.2) is 36.5 Å². The number of fused-ring (bicyclic) bond motifs is 1. The summed E-state index contributed by atoms with van der Waals surface area (Å²) in [6, 6.07) is 9.06. The minimum Gasteiger partial charge on any atom is -0.740 e. The van der Waals surface area contributed by atoms with Crippen LogP contribution in [0.4, 0.5) is 0 Å². The van der Waals surface area contributed by atoms with Crippen molar-refractivity contribution >= 4 is 22.1 Å². The van der Waals surface area contributed by atoms with Crippen LogP contribution >= 0.6 is 0 Å². The molecule has 0 N–H and O–H groups in total. The molecule has 1 unspecified atom stereocenters. The summed E-state index contributed by atoms with van der Waals surface area (Å²) >= 11 is -2.59. The molecule has 72 valence electrons. The number of rotatable bonds is 2. The molecule has 1 aromatic heterocycles. The summed E-state index contributed by atoms with van der Waals surface area (Å²) < 4.78 is 25.2. The van der Waals surface area contributed by atoms with Gasteiger partial charge in [-0.2, -0.15) is 0 Å². The molecule has 0 bridgehead atoms. The van der Waals surface area contributed by atoms with E-state index in [9.17, 15) is 8.76 Å². The first-order valence-corrected chi connectivity index (χ1v) is 4.89. The van der Waals surface area contributed by atoms with E-state index in [1.165, 1.54) is 6.20 Å². The minimum atomic E-state index is -2.59. The Kier molecular flexibility index (Phi) is 2.43. The summed E-state index contributed by atoms with van der Waals surface area (Å²) in [6.07, 6.45) is 1.50. The molecule has 2 aromatic rings. The van der Waals surface area contributed by atoms with Gasteiger partial charge in [0.05, 0.1) is 0 Å². The van der Waals surface area contributed by atoms with Crippen molar-refractivity contribution in [3.05, 3.63) is 36.5 Å². The predicted molar refractivity (Wildman–Crippen MR) is 51.3 cm³/mol. The van der Waals surface area contributed by atoms with Crippen LogP contribution in [0.25, 0.3) is 10.8 Å². The Morgan fingerprint density at radius 3 is 2.86 bits per heavy atom. The second-order valence-electron chi connectivity index (χ2n) is 2.62. The summed E-state index contributed by atoms with van der Waals surface area (Å²) in [7, 11) is 0. The highest BCUT2D eigenvalue weighted by atomic mass is 32.2. The normalized spacial score (nSPS) is 12.6. The third-order valence-corrected chi connectivity index (χ3v) is 2.08. The Morgan fingerprint density at radius 2 is 2.07 bits per heavy atom. The molecular formula is C9H6NO3S-. The molecule has 0 saturated carbocycles. The molecule has 0 fully saturated rings. The van der Waals surface area contributed by atoms with Crippen LogP contribution in [0, 0.1) is 0 Å². The maximum absolute atomic E-state index is 10.4. The van der Waals surface area contributed by atoms with Gasteiger partial charge in [-0.05, 0) is 17.5 Å². The Balaban J connectivity index is 2.59. The van der Waals surface area contributed by atoms with Crippen molar-refractivity contribution in [1.29, 1.82) is 0 Å². The van der Waals surface area contributed by atoms with E-state index in [4.69, 9.17) is 0 Å². The maximum Gasteiger partial charge on any atom is 0.237 e. The quantitative estimate of drug-likeness (QED) is 0.700. The lowest BCUT2D eigenvalue weighted by atomic mass is 10.2. The van der Waals surface area contributed by atoms with Gasteiger partial charge in [0.25, 0.3) is 0 Å². The molecule has 0 aliphatic heterocycles. The van der Waals surface area contributed by atoms with Crippen molar-refractivity contribution in [1.82, 2.24) is 4.98 Å². The second-order valence-corrected chi connectivity index (χ2v) is 3.20. The van der Waals surface area contributed by atoms with E-state index < -0.39 is 11.4 Å². The lowest BCUT2D eigenvalue weighted by Crippen LogP contribution is -1.99. The molecule has 0 aliphatic carbocycles. The Labute approximate surface area is 83.0 Å². The highest BCUT2D eigenvalue weighted by molar-refractivity contribution is 7.74. The standard InChI is InChI=1S/C9H7NO3S/c11-14(12)13-9-8-4-2-1-3-7(8)5-6-10-9/h1-6H,(H,11,12)/p-1. The zero-order valence-corrected chi connectivity index (χ0v) is 7.86. The molecule has 0 amide bonds. The van der Waals surface area contributed by atoms with E-state index in [1.807, 2.05) is 12.1 Å². The molecule has 1 heterocycles. The molecule has 1 aromatic carbocycles. The van der Waals surface area contributed by atoms with Gasteiger partial charge in [0, 0.05) is 11.6 Å². The largest absolute Gasteiger partial charge is 0.740 e. The van der Waals surface area contributed by atoms with E-state index in [0.29, 0.717) is 5.39 Å². The summed E-state index contributed by atoms with van der Waals surface area (Å²) in [6.45, 7) is 0. The van der Waals surface area contributed by atoms with Crippen LogP contribution in [0.1, 0.15) is 0 Å². The van der Waals surface area contributed by atoms with Crippen LogP contribution in [0.3, 0.4) is 0 Å². The summed E-state index contributed by atoms with van der Waals surface area (Å²) in [4.78, 5) is 3.83. The van der Waals surface area contributed by atoms with Crippen molar-refractivity contribution in [2.24, 2.45) is 0 Å². The van der Waals surface area contributed by atoms with Gasteiger partial charge in [-0.25, -0.2) is 9.19 Å². The molecule has 0 aliphatic rings. The van der Waals surface area contributed by atoms with E-state index in [-0.39, 0.29) is 5.88 Å². The zero-order chi connectivity index (χ0) is 9.97. The van der Waals surface area contributed by atoms with Gasteiger partial charge < -0.3 is 8.74 Å². The molecule has 4 nitrogen and oxygen atoms in total. The molecule has 1 atom stereocenters. The molecule has 2 rings (SSSR count). The summed E-state index contributed by atoms with van der Waals surface area (Å²) in [5, 5.41) is 1.57. The molecule has 0 saturated heterocycles. The van der Waals surface area contributed by atoms with E-state index >= 15 is 0 Å². The number of aromatic nitrogens is 1. The average molecular weight is 208 g/mol. The van der Waals surface area contributed by atoms with Gasteiger partial charge in [-0.15, -0.1) is 0 Å². The van der Waals surface area contributed by atoms with Gasteiger partial charge in [0.2, 0.25) is 5.88 Å². The molecule has 14 heavy (non-hydrogen) atoms. The molecular weight excluding hydrogens is 202 g/mol. The molecule has 0 spiro atoms. The summed E-state index contributed by atoms with van der Waals surface area (Å²) in [5.41, 5.74) is 0. The number of benzene rings is 1. The van der Waals surface area contributed by atoms with Crippen LogP contribution in [-0.2, 0) is 11.4 Å². The van der Waals surface area contributed by atoms with Crippen LogP contribution in [-0.4, -0.2) is 13.7 Å². The highest BCUT2D eigenvalue weighted by Crippen LogP contribution is 2.22. The number of nitrogens with zero attached hydrogens (tertiary/aromatic N) is 1. The third-order valence-electron chi connectivity index (χ3n) is 1.78. The van der Waals surface area contributed by atoms with E-state index in [2.05, 4.69) is 9.17 Å². The van der Waals surface area contributed by atoms with E-state index in [0.717, 1.165) is 5.39 Å². The Bertz CT molecular complexity index is 481. The lowest BCUT2D eigenvalue weighted by molar-refractivity contribution is 0.435. The smallest absolute Gasteiger partial charge is 0.237 e. The number of hydrogen-bond acceptors (Lipinski definition) is 4. The lowest BCUT2D eigenvalue weighted by Gasteiger charge is -2.07. The third kappa shape index (κ3) is 1.73. The molecule has 0 radical (unpaired) electrons. The second kappa shape index (κ2) is 3.73. The van der Waals surface area contributed by atoms with Crippen molar-refractivity contribution in [3.8, 4) is 5.88 Å².